The SMILES string of the molecule is CCCc1nnsc1C(NC)c1ccc(C)c(C)c1. The van der Waals surface area contributed by atoms with Crippen molar-refractivity contribution >= 4 is 11.5 Å². The van der Waals surface area contributed by atoms with Crippen LogP contribution < -0.4 is 5.32 Å². The summed E-state index contributed by atoms with van der Waals surface area (Å²) in [7, 11) is 2.00. The molecule has 1 unspecified atom stereocenters. The highest BCUT2D eigenvalue weighted by molar-refractivity contribution is 7.05. The van der Waals surface area contributed by atoms with Gasteiger partial charge in [-0.25, -0.2) is 0 Å². The van der Waals surface area contributed by atoms with Crippen molar-refractivity contribution in [1.29, 1.82) is 0 Å². The minimum absolute atomic E-state index is 0.195. The molecule has 1 aromatic carbocycles. The van der Waals surface area contributed by atoms with Crippen LogP contribution in [0.5, 0.6) is 0 Å². The second kappa shape index (κ2) is 6.26. The molecule has 3 nitrogen and oxygen atoms in total. The molecule has 2 aromatic rings. The molecular formula is C15H21N3S. The van der Waals surface area contributed by atoms with E-state index in [4.69, 9.17) is 0 Å². The van der Waals surface area contributed by atoms with Crippen LogP contribution in [0.15, 0.2) is 18.2 Å². The first kappa shape index (κ1) is 14.2. The number of aromatic nitrogens is 2. The molecule has 0 aliphatic carbocycles. The van der Waals surface area contributed by atoms with Crippen LogP contribution in [0.4, 0.5) is 0 Å². The summed E-state index contributed by atoms with van der Waals surface area (Å²) in [5.74, 6) is 0. The molecule has 0 saturated heterocycles. The lowest BCUT2D eigenvalue weighted by molar-refractivity contribution is 0.687. The molecule has 0 aliphatic rings. The molecule has 0 saturated carbocycles. The van der Waals surface area contributed by atoms with E-state index in [1.807, 2.05) is 7.05 Å². The van der Waals surface area contributed by atoms with Gasteiger partial charge in [-0.3, -0.25) is 0 Å². The number of nitrogens with zero attached hydrogens (tertiary/aromatic N) is 2. The van der Waals surface area contributed by atoms with E-state index in [0.717, 1.165) is 18.5 Å². The summed E-state index contributed by atoms with van der Waals surface area (Å²) in [4.78, 5) is 1.24. The fourth-order valence-electron chi connectivity index (χ4n) is 2.24. The number of hydrogen-bond donors (Lipinski definition) is 1. The highest BCUT2D eigenvalue weighted by Crippen LogP contribution is 2.28. The van der Waals surface area contributed by atoms with E-state index in [2.05, 4.69) is 53.9 Å². The van der Waals surface area contributed by atoms with Crippen molar-refractivity contribution in [3.8, 4) is 0 Å². The molecule has 0 radical (unpaired) electrons. The Morgan fingerprint density at radius 3 is 2.68 bits per heavy atom. The van der Waals surface area contributed by atoms with Gasteiger partial charge in [0.1, 0.15) is 0 Å². The summed E-state index contributed by atoms with van der Waals surface area (Å²) in [6.45, 7) is 6.47. The van der Waals surface area contributed by atoms with Gasteiger partial charge in [-0.1, -0.05) is 36.0 Å². The fraction of sp³-hybridized carbons (Fsp3) is 0.467. The predicted octanol–water partition coefficient (Wildman–Crippen LogP) is 3.42. The first-order valence-corrected chi connectivity index (χ1v) is 7.50. The van der Waals surface area contributed by atoms with Gasteiger partial charge in [0.2, 0.25) is 0 Å². The van der Waals surface area contributed by atoms with Crippen molar-refractivity contribution in [2.75, 3.05) is 7.05 Å². The number of aryl methyl sites for hydroxylation is 3. The molecule has 1 N–H and O–H groups in total. The first-order chi connectivity index (χ1) is 9.17. The second-order valence-electron chi connectivity index (χ2n) is 4.90. The van der Waals surface area contributed by atoms with Crippen LogP contribution in [0, 0.1) is 13.8 Å². The molecule has 4 heteroatoms. The van der Waals surface area contributed by atoms with Crippen LogP contribution in [-0.2, 0) is 6.42 Å². The van der Waals surface area contributed by atoms with Crippen molar-refractivity contribution in [3.05, 3.63) is 45.5 Å². The third-order valence-electron chi connectivity index (χ3n) is 3.49. The Labute approximate surface area is 119 Å². The Kier molecular flexibility index (Phi) is 4.66. The molecule has 102 valence electrons. The van der Waals surface area contributed by atoms with E-state index in [0.29, 0.717) is 0 Å². The molecular weight excluding hydrogens is 254 g/mol. The van der Waals surface area contributed by atoms with Crippen LogP contribution in [0.25, 0.3) is 0 Å². The van der Waals surface area contributed by atoms with Crippen LogP contribution >= 0.6 is 11.5 Å². The summed E-state index contributed by atoms with van der Waals surface area (Å²) < 4.78 is 4.13. The predicted molar refractivity (Wildman–Crippen MR) is 80.7 cm³/mol. The van der Waals surface area contributed by atoms with Crippen molar-refractivity contribution in [2.45, 2.75) is 39.7 Å². The Hall–Kier alpha value is -1.26. The minimum Gasteiger partial charge on any atom is -0.309 e. The highest BCUT2D eigenvalue weighted by atomic mass is 32.1. The first-order valence-electron chi connectivity index (χ1n) is 6.73. The van der Waals surface area contributed by atoms with Gasteiger partial charge in [-0.05, 0) is 55.5 Å². The molecule has 1 aromatic heterocycles. The Bertz CT molecular complexity index is 548. The van der Waals surface area contributed by atoms with Crippen LogP contribution in [0.3, 0.4) is 0 Å². The number of benzene rings is 1. The van der Waals surface area contributed by atoms with Crippen LogP contribution in [0.2, 0.25) is 0 Å². The Morgan fingerprint density at radius 1 is 1.26 bits per heavy atom. The maximum Gasteiger partial charge on any atom is 0.0807 e. The summed E-state index contributed by atoms with van der Waals surface area (Å²) >= 11 is 1.50. The van der Waals surface area contributed by atoms with Crippen LogP contribution in [0.1, 0.15) is 46.6 Å². The molecule has 0 aliphatic heterocycles. The smallest absolute Gasteiger partial charge is 0.0807 e. The fourth-order valence-corrected chi connectivity index (χ4v) is 3.07. The lowest BCUT2D eigenvalue weighted by Gasteiger charge is -2.17. The van der Waals surface area contributed by atoms with Crippen molar-refractivity contribution < 1.29 is 0 Å². The molecule has 2 rings (SSSR count). The Morgan fingerprint density at radius 2 is 2.05 bits per heavy atom. The number of nitrogens with one attached hydrogen (secondary N) is 1. The standard InChI is InChI=1S/C15H21N3S/c1-5-6-13-15(19-18-17-13)14(16-4)12-8-7-10(2)11(3)9-12/h7-9,14,16H,5-6H2,1-4H3. The van der Waals surface area contributed by atoms with E-state index in [1.54, 1.807) is 0 Å². The van der Waals surface area contributed by atoms with Gasteiger partial charge in [0.15, 0.2) is 0 Å². The van der Waals surface area contributed by atoms with Gasteiger partial charge in [-0.15, -0.1) is 5.10 Å². The summed E-state index contributed by atoms with van der Waals surface area (Å²) in [6.07, 6.45) is 2.09. The van der Waals surface area contributed by atoms with Gasteiger partial charge in [0.05, 0.1) is 16.6 Å². The van der Waals surface area contributed by atoms with Gasteiger partial charge in [0, 0.05) is 0 Å². The van der Waals surface area contributed by atoms with E-state index < -0.39 is 0 Å². The van der Waals surface area contributed by atoms with Gasteiger partial charge >= 0.3 is 0 Å². The van der Waals surface area contributed by atoms with Crippen molar-refractivity contribution in [2.24, 2.45) is 0 Å². The molecule has 0 amide bonds. The average molecular weight is 275 g/mol. The molecule has 1 atom stereocenters. The molecule has 19 heavy (non-hydrogen) atoms. The zero-order valence-corrected chi connectivity index (χ0v) is 12.8. The van der Waals surface area contributed by atoms with Crippen molar-refractivity contribution in [3.63, 3.8) is 0 Å². The molecule has 1 heterocycles. The molecule has 0 spiro atoms. The third-order valence-corrected chi connectivity index (χ3v) is 4.32. The van der Waals surface area contributed by atoms with Gasteiger partial charge < -0.3 is 5.32 Å². The molecule has 0 bridgehead atoms. The quantitative estimate of drug-likeness (QED) is 0.908. The maximum absolute atomic E-state index is 4.27. The number of rotatable bonds is 5. The largest absolute Gasteiger partial charge is 0.309 e. The van der Waals surface area contributed by atoms with E-state index >= 15 is 0 Å². The lowest BCUT2D eigenvalue weighted by Crippen LogP contribution is -2.18. The highest BCUT2D eigenvalue weighted by Gasteiger charge is 2.19. The van der Waals surface area contributed by atoms with E-state index in [-0.39, 0.29) is 6.04 Å². The Balaban J connectivity index is 2.38. The third kappa shape index (κ3) is 3.01. The van der Waals surface area contributed by atoms with Crippen molar-refractivity contribution in [1.82, 2.24) is 14.9 Å². The zero-order chi connectivity index (χ0) is 13.8. The van der Waals surface area contributed by atoms with Gasteiger partial charge in [0.25, 0.3) is 0 Å². The monoisotopic (exact) mass is 275 g/mol. The minimum atomic E-state index is 0.195. The average Bonchev–Trinajstić information content (AvgIpc) is 2.83. The van der Waals surface area contributed by atoms with Gasteiger partial charge in [-0.2, -0.15) is 0 Å². The summed E-state index contributed by atoms with van der Waals surface area (Å²) in [6, 6.07) is 6.83. The normalized spacial score (nSPS) is 12.6. The zero-order valence-electron chi connectivity index (χ0n) is 12.0. The lowest BCUT2D eigenvalue weighted by atomic mass is 9.99. The van der Waals surface area contributed by atoms with E-state index in [9.17, 15) is 0 Å². The van der Waals surface area contributed by atoms with Crippen LogP contribution in [-0.4, -0.2) is 16.6 Å². The van der Waals surface area contributed by atoms with E-state index in [1.165, 1.54) is 33.1 Å². The second-order valence-corrected chi connectivity index (χ2v) is 5.68. The summed E-state index contributed by atoms with van der Waals surface area (Å²) in [5, 5.41) is 7.67. The molecule has 0 fully saturated rings. The maximum atomic E-state index is 4.27. The summed E-state index contributed by atoms with van der Waals surface area (Å²) in [5.41, 5.74) is 5.07. The topological polar surface area (TPSA) is 37.8 Å². The number of hydrogen-bond acceptors (Lipinski definition) is 4.